The predicted octanol–water partition coefficient (Wildman–Crippen LogP) is -0.223. The standard InChI is InChI=1S/C12H25N3O2/c1-14-6-8-15(9-7-14)12(16)11-13-5-3-4-10-17-2/h13H,3-11H2,1-2H3. The van der Waals surface area contributed by atoms with Crippen molar-refractivity contribution in [1.82, 2.24) is 15.1 Å². The smallest absolute Gasteiger partial charge is 0.236 e. The molecule has 0 bridgehead atoms. The van der Waals surface area contributed by atoms with Crippen molar-refractivity contribution in [2.24, 2.45) is 0 Å². The van der Waals surface area contributed by atoms with Crippen LogP contribution >= 0.6 is 0 Å². The molecule has 0 aromatic carbocycles. The molecule has 5 nitrogen and oxygen atoms in total. The second-order valence-corrected chi connectivity index (χ2v) is 4.56. The highest BCUT2D eigenvalue weighted by Crippen LogP contribution is 1.98. The molecule has 1 rings (SSSR count). The minimum absolute atomic E-state index is 0.227. The fraction of sp³-hybridized carbons (Fsp3) is 0.917. The van der Waals surface area contributed by atoms with Crippen molar-refractivity contribution in [3.63, 3.8) is 0 Å². The number of methoxy groups -OCH3 is 1. The Kier molecular flexibility index (Phi) is 7.16. The molecule has 1 heterocycles. The Bertz CT molecular complexity index is 216. The molecule has 0 saturated carbocycles. The van der Waals surface area contributed by atoms with Crippen LogP contribution in [0, 0.1) is 0 Å². The molecular formula is C12H25N3O2. The molecule has 0 aromatic heterocycles. The Balaban J connectivity index is 2.01. The van der Waals surface area contributed by atoms with E-state index in [-0.39, 0.29) is 5.91 Å². The third-order valence-electron chi connectivity index (χ3n) is 3.08. The number of likely N-dealkylation sites (N-methyl/N-ethyl adjacent to an activating group) is 1. The summed E-state index contributed by atoms with van der Waals surface area (Å²) in [6.07, 6.45) is 2.11. The number of carbonyl (C=O) groups excluding carboxylic acids is 1. The summed E-state index contributed by atoms with van der Waals surface area (Å²) in [5.41, 5.74) is 0. The first kappa shape index (κ1) is 14.4. The fourth-order valence-corrected chi connectivity index (χ4v) is 1.86. The van der Waals surface area contributed by atoms with Crippen molar-refractivity contribution in [3.05, 3.63) is 0 Å². The quantitative estimate of drug-likeness (QED) is 0.628. The van der Waals surface area contributed by atoms with E-state index in [2.05, 4.69) is 17.3 Å². The van der Waals surface area contributed by atoms with Gasteiger partial charge in [-0.05, 0) is 26.4 Å². The summed E-state index contributed by atoms with van der Waals surface area (Å²) in [4.78, 5) is 16.0. The predicted molar refractivity (Wildman–Crippen MR) is 68.1 cm³/mol. The van der Waals surface area contributed by atoms with Gasteiger partial charge in [-0.3, -0.25) is 4.79 Å². The van der Waals surface area contributed by atoms with Gasteiger partial charge in [-0.2, -0.15) is 0 Å². The van der Waals surface area contributed by atoms with E-state index >= 15 is 0 Å². The topological polar surface area (TPSA) is 44.8 Å². The lowest BCUT2D eigenvalue weighted by atomic mass is 10.3. The van der Waals surface area contributed by atoms with Gasteiger partial charge in [0.2, 0.25) is 5.91 Å². The van der Waals surface area contributed by atoms with Crippen molar-refractivity contribution in [3.8, 4) is 0 Å². The van der Waals surface area contributed by atoms with Gasteiger partial charge in [-0.1, -0.05) is 0 Å². The summed E-state index contributed by atoms with van der Waals surface area (Å²) in [7, 11) is 3.81. The minimum atomic E-state index is 0.227. The highest BCUT2D eigenvalue weighted by molar-refractivity contribution is 5.78. The lowest BCUT2D eigenvalue weighted by molar-refractivity contribution is -0.131. The third kappa shape index (κ3) is 6.00. The van der Waals surface area contributed by atoms with Crippen LogP contribution in [-0.2, 0) is 9.53 Å². The summed E-state index contributed by atoms with van der Waals surface area (Å²) in [6, 6.07) is 0. The number of nitrogens with zero attached hydrogens (tertiary/aromatic N) is 2. The highest BCUT2D eigenvalue weighted by Gasteiger charge is 2.17. The van der Waals surface area contributed by atoms with E-state index in [0.29, 0.717) is 6.54 Å². The van der Waals surface area contributed by atoms with Crippen LogP contribution in [0.4, 0.5) is 0 Å². The van der Waals surface area contributed by atoms with Gasteiger partial charge in [0, 0.05) is 39.9 Å². The summed E-state index contributed by atoms with van der Waals surface area (Å²) < 4.78 is 4.97. The van der Waals surface area contributed by atoms with Crippen molar-refractivity contribution < 1.29 is 9.53 Å². The molecule has 0 aliphatic carbocycles. The zero-order chi connectivity index (χ0) is 12.5. The van der Waals surface area contributed by atoms with Gasteiger partial charge >= 0.3 is 0 Å². The second kappa shape index (κ2) is 8.44. The number of unbranched alkanes of at least 4 members (excludes halogenated alkanes) is 1. The number of piperazine rings is 1. The molecule has 100 valence electrons. The van der Waals surface area contributed by atoms with Gasteiger partial charge in [0.25, 0.3) is 0 Å². The van der Waals surface area contributed by atoms with E-state index < -0.39 is 0 Å². The SMILES string of the molecule is COCCCCNCC(=O)N1CCN(C)CC1. The number of nitrogens with one attached hydrogen (secondary N) is 1. The molecule has 1 aliphatic rings. The zero-order valence-electron chi connectivity index (χ0n) is 11.1. The first-order valence-electron chi connectivity index (χ1n) is 6.40. The highest BCUT2D eigenvalue weighted by atomic mass is 16.5. The monoisotopic (exact) mass is 243 g/mol. The van der Waals surface area contributed by atoms with Crippen LogP contribution in [0.5, 0.6) is 0 Å². The number of carbonyl (C=O) groups is 1. The summed E-state index contributed by atoms with van der Waals surface area (Å²) in [5.74, 6) is 0.227. The van der Waals surface area contributed by atoms with Gasteiger partial charge in [0.1, 0.15) is 0 Å². The molecule has 5 heteroatoms. The fourth-order valence-electron chi connectivity index (χ4n) is 1.86. The Morgan fingerprint density at radius 3 is 2.59 bits per heavy atom. The Morgan fingerprint density at radius 1 is 1.24 bits per heavy atom. The van der Waals surface area contributed by atoms with Crippen LogP contribution in [0.25, 0.3) is 0 Å². The number of amides is 1. The molecule has 0 radical (unpaired) electrons. The Morgan fingerprint density at radius 2 is 1.94 bits per heavy atom. The average Bonchev–Trinajstić information content (AvgIpc) is 2.34. The summed E-state index contributed by atoms with van der Waals surface area (Å²) >= 11 is 0. The number of hydrogen-bond acceptors (Lipinski definition) is 4. The maximum atomic E-state index is 11.8. The first-order chi connectivity index (χ1) is 8.24. The molecule has 0 unspecified atom stereocenters. The molecule has 1 aliphatic heterocycles. The van der Waals surface area contributed by atoms with Crippen molar-refractivity contribution in [2.45, 2.75) is 12.8 Å². The maximum Gasteiger partial charge on any atom is 0.236 e. The number of ether oxygens (including phenoxy) is 1. The molecule has 1 N–H and O–H groups in total. The van der Waals surface area contributed by atoms with E-state index in [1.165, 1.54) is 0 Å². The number of rotatable bonds is 7. The molecule has 17 heavy (non-hydrogen) atoms. The lowest BCUT2D eigenvalue weighted by Gasteiger charge is -2.32. The van der Waals surface area contributed by atoms with Gasteiger partial charge in [-0.15, -0.1) is 0 Å². The van der Waals surface area contributed by atoms with Crippen molar-refractivity contribution >= 4 is 5.91 Å². The van der Waals surface area contributed by atoms with Gasteiger partial charge < -0.3 is 19.9 Å². The van der Waals surface area contributed by atoms with Crippen molar-refractivity contribution in [2.75, 3.05) is 60.0 Å². The molecule has 1 saturated heterocycles. The van der Waals surface area contributed by atoms with Crippen LogP contribution in [-0.4, -0.2) is 75.7 Å². The van der Waals surface area contributed by atoms with E-state index in [0.717, 1.165) is 52.2 Å². The Hall–Kier alpha value is -0.650. The average molecular weight is 243 g/mol. The molecular weight excluding hydrogens is 218 g/mol. The van der Waals surface area contributed by atoms with E-state index in [1.54, 1.807) is 7.11 Å². The zero-order valence-corrected chi connectivity index (χ0v) is 11.1. The van der Waals surface area contributed by atoms with Crippen LogP contribution in [0.1, 0.15) is 12.8 Å². The number of hydrogen-bond donors (Lipinski definition) is 1. The molecule has 0 atom stereocenters. The minimum Gasteiger partial charge on any atom is -0.385 e. The van der Waals surface area contributed by atoms with E-state index in [9.17, 15) is 4.79 Å². The van der Waals surface area contributed by atoms with Crippen LogP contribution in [0.2, 0.25) is 0 Å². The van der Waals surface area contributed by atoms with E-state index in [4.69, 9.17) is 4.74 Å². The van der Waals surface area contributed by atoms with Crippen LogP contribution in [0.15, 0.2) is 0 Å². The largest absolute Gasteiger partial charge is 0.385 e. The third-order valence-corrected chi connectivity index (χ3v) is 3.08. The summed E-state index contributed by atoms with van der Waals surface area (Å²) in [6.45, 7) is 5.86. The van der Waals surface area contributed by atoms with E-state index in [1.807, 2.05) is 4.90 Å². The molecule has 0 aromatic rings. The molecule has 1 amide bonds. The van der Waals surface area contributed by atoms with Crippen LogP contribution in [0.3, 0.4) is 0 Å². The molecule has 0 spiro atoms. The first-order valence-corrected chi connectivity index (χ1v) is 6.40. The van der Waals surface area contributed by atoms with Gasteiger partial charge in [-0.25, -0.2) is 0 Å². The Labute approximate surface area is 104 Å². The van der Waals surface area contributed by atoms with Crippen LogP contribution < -0.4 is 5.32 Å². The second-order valence-electron chi connectivity index (χ2n) is 4.56. The molecule has 1 fully saturated rings. The van der Waals surface area contributed by atoms with Gasteiger partial charge in [0.15, 0.2) is 0 Å². The maximum absolute atomic E-state index is 11.8. The lowest BCUT2D eigenvalue weighted by Crippen LogP contribution is -2.49. The van der Waals surface area contributed by atoms with Crippen molar-refractivity contribution in [1.29, 1.82) is 0 Å². The summed E-state index contributed by atoms with van der Waals surface area (Å²) in [5, 5.41) is 3.19. The normalized spacial score (nSPS) is 17.4. The van der Waals surface area contributed by atoms with Gasteiger partial charge in [0.05, 0.1) is 6.54 Å².